The van der Waals surface area contributed by atoms with E-state index < -0.39 is 33.8 Å². The standard InChI is InChI=1S/C25H20F3N3O4S/c1-16-24(32)31(14-17-5-4-7-20(11-17)25(26,27)28)15-19-12-21(9-10-22(19)35-16)30-36(33,34)23-8-3-2-6-18(23)13-29/h2-12,16,30H,14-15H2,1H3. The van der Waals surface area contributed by atoms with Crippen LogP contribution in [0.4, 0.5) is 18.9 Å². The van der Waals surface area contributed by atoms with Crippen molar-refractivity contribution in [3.8, 4) is 11.8 Å². The molecule has 0 bridgehead atoms. The number of nitrogens with zero attached hydrogens (tertiary/aromatic N) is 2. The van der Waals surface area contributed by atoms with Gasteiger partial charge in [-0.25, -0.2) is 8.42 Å². The average molecular weight is 516 g/mol. The lowest BCUT2D eigenvalue weighted by molar-refractivity contribution is -0.138. The van der Waals surface area contributed by atoms with Gasteiger partial charge in [0.15, 0.2) is 6.10 Å². The molecule has 0 saturated heterocycles. The summed E-state index contributed by atoms with van der Waals surface area (Å²) in [6.07, 6.45) is -5.42. The molecule has 0 spiro atoms. The van der Waals surface area contributed by atoms with Gasteiger partial charge < -0.3 is 9.64 Å². The van der Waals surface area contributed by atoms with Crippen LogP contribution in [0.1, 0.15) is 29.2 Å². The molecule has 1 atom stereocenters. The molecule has 1 heterocycles. The molecule has 3 aromatic rings. The van der Waals surface area contributed by atoms with Crippen LogP contribution in [0, 0.1) is 11.3 Å². The van der Waals surface area contributed by atoms with Crippen LogP contribution in [0.25, 0.3) is 0 Å². The Morgan fingerprint density at radius 1 is 1.11 bits per heavy atom. The summed E-state index contributed by atoms with van der Waals surface area (Å²) in [7, 11) is -4.09. The molecule has 1 N–H and O–H groups in total. The Morgan fingerprint density at radius 2 is 1.86 bits per heavy atom. The number of nitriles is 1. The first kappa shape index (κ1) is 25.1. The Kier molecular flexibility index (Phi) is 6.65. The van der Waals surface area contributed by atoms with Gasteiger partial charge in [-0.3, -0.25) is 9.52 Å². The number of benzene rings is 3. The van der Waals surface area contributed by atoms with Gasteiger partial charge in [0.1, 0.15) is 16.7 Å². The zero-order chi connectivity index (χ0) is 26.1. The molecule has 0 saturated carbocycles. The van der Waals surface area contributed by atoms with Crippen LogP contribution in [0.15, 0.2) is 71.6 Å². The highest BCUT2D eigenvalue weighted by molar-refractivity contribution is 7.92. The average Bonchev–Trinajstić information content (AvgIpc) is 2.94. The van der Waals surface area contributed by atoms with Crippen LogP contribution < -0.4 is 9.46 Å². The minimum absolute atomic E-state index is 0.0148. The number of hydrogen-bond donors (Lipinski definition) is 1. The lowest BCUT2D eigenvalue weighted by Gasteiger charge is -2.23. The summed E-state index contributed by atoms with van der Waals surface area (Å²) in [6.45, 7) is 1.42. The fourth-order valence-corrected chi connectivity index (χ4v) is 5.07. The number of carbonyl (C=O) groups excluding carboxylic acids is 1. The second-order valence-corrected chi connectivity index (χ2v) is 9.84. The molecule has 0 radical (unpaired) electrons. The van der Waals surface area contributed by atoms with Crippen molar-refractivity contribution < 1.29 is 31.1 Å². The van der Waals surface area contributed by atoms with E-state index in [1.165, 1.54) is 60.4 Å². The van der Waals surface area contributed by atoms with Gasteiger partial charge in [-0.1, -0.05) is 24.3 Å². The molecule has 3 aromatic carbocycles. The maximum absolute atomic E-state index is 13.1. The topological polar surface area (TPSA) is 99.5 Å². The molecule has 0 fully saturated rings. The largest absolute Gasteiger partial charge is 0.481 e. The van der Waals surface area contributed by atoms with E-state index in [1.54, 1.807) is 6.07 Å². The Morgan fingerprint density at radius 3 is 2.58 bits per heavy atom. The molecular formula is C25H20F3N3O4S. The fraction of sp³-hybridized carbons (Fsp3) is 0.200. The molecule has 0 aromatic heterocycles. The number of anilines is 1. The Balaban J connectivity index is 1.62. The number of sulfonamides is 1. The number of alkyl halides is 3. The van der Waals surface area contributed by atoms with Crippen molar-refractivity contribution in [2.45, 2.75) is 37.2 Å². The lowest BCUT2D eigenvalue weighted by atomic mass is 10.1. The predicted octanol–water partition coefficient (Wildman–Crippen LogP) is 4.69. The van der Waals surface area contributed by atoms with Crippen LogP contribution in [0.3, 0.4) is 0 Å². The van der Waals surface area contributed by atoms with Crippen molar-refractivity contribution in [1.29, 1.82) is 5.26 Å². The normalized spacial score (nSPS) is 15.9. The minimum Gasteiger partial charge on any atom is -0.481 e. The number of halogens is 3. The molecule has 1 amide bonds. The van der Waals surface area contributed by atoms with E-state index in [0.29, 0.717) is 16.9 Å². The van der Waals surface area contributed by atoms with Gasteiger partial charge in [-0.15, -0.1) is 0 Å². The summed E-state index contributed by atoms with van der Waals surface area (Å²) < 4.78 is 73.3. The highest BCUT2D eigenvalue weighted by Gasteiger charge is 2.32. The summed E-state index contributed by atoms with van der Waals surface area (Å²) in [5, 5.41) is 9.24. The van der Waals surface area contributed by atoms with Gasteiger partial charge in [0.25, 0.3) is 15.9 Å². The van der Waals surface area contributed by atoms with E-state index in [4.69, 9.17) is 4.74 Å². The zero-order valence-electron chi connectivity index (χ0n) is 18.9. The smallest absolute Gasteiger partial charge is 0.416 e. The third kappa shape index (κ3) is 5.28. The molecular weight excluding hydrogens is 495 g/mol. The monoisotopic (exact) mass is 515 g/mol. The van der Waals surface area contributed by atoms with Gasteiger partial charge >= 0.3 is 6.18 Å². The summed E-state index contributed by atoms with van der Waals surface area (Å²) in [5.41, 5.74) is 0.0921. The molecule has 1 unspecified atom stereocenters. The maximum atomic E-state index is 13.1. The third-order valence-electron chi connectivity index (χ3n) is 5.56. The first-order valence-electron chi connectivity index (χ1n) is 10.7. The highest BCUT2D eigenvalue weighted by atomic mass is 32.2. The lowest BCUT2D eigenvalue weighted by Crippen LogP contribution is -2.37. The van der Waals surface area contributed by atoms with Crippen molar-refractivity contribution in [2.24, 2.45) is 0 Å². The van der Waals surface area contributed by atoms with Gasteiger partial charge in [0, 0.05) is 24.3 Å². The predicted molar refractivity (Wildman–Crippen MR) is 124 cm³/mol. The third-order valence-corrected chi connectivity index (χ3v) is 7.00. The second-order valence-electron chi connectivity index (χ2n) is 8.19. The molecule has 4 rings (SSSR count). The summed E-state index contributed by atoms with van der Waals surface area (Å²) >= 11 is 0. The van der Waals surface area contributed by atoms with Crippen LogP contribution in [-0.2, 0) is 34.1 Å². The first-order chi connectivity index (χ1) is 17.0. The number of ether oxygens (including phenoxy) is 1. The summed E-state index contributed by atoms with van der Waals surface area (Å²) in [6, 6.07) is 16.8. The van der Waals surface area contributed by atoms with E-state index in [9.17, 15) is 31.6 Å². The first-order valence-corrected chi connectivity index (χ1v) is 12.2. The molecule has 0 aliphatic carbocycles. The Bertz CT molecular complexity index is 1470. The van der Waals surface area contributed by atoms with Crippen LogP contribution >= 0.6 is 0 Å². The van der Waals surface area contributed by atoms with Crippen LogP contribution in [0.2, 0.25) is 0 Å². The quantitative estimate of drug-likeness (QED) is 0.532. The molecule has 36 heavy (non-hydrogen) atoms. The van der Waals surface area contributed by atoms with Gasteiger partial charge in [-0.2, -0.15) is 18.4 Å². The molecule has 11 heteroatoms. The molecule has 7 nitrogen and oxygen atoms in total. The van der Waals surface area contributed by atoms with Crippen LogP contribution in [0.5, 0.6) is 5.75 Å². The molecule has 1 aliphatic rings. The molecule has 186 valence electrons. The van der Waals surface area contributed by atoms with Crippen molar-refractivity contribution in [3.63, 3.8) is 0 Å². The van der Waals surface area contributed by atoms with Crippen molar-refractivity contribution in [1.82, 2.24) is 4.90 Å². The zero-order valence-corrected chi connectivity index (χ0v) is 19.7. The maximum Gasteiger partial charge on any atom is 0.416 e. The van der Waals surface area contributed by atoms with Crippen molar-refractivity contribution in [2.75, 3.05) is 4.72 Å². The summed E-state index contributed by atoms with van der Waals surface area (Å²) in [4.78, 5) is 14.1. The SMILES string of the molecule is CC1Oc2ccc(NS(=O)(=O)c3ccccc3C#N)cc2CN(Cc2cccc(C(F)(F)F)c2)C1=O. The number of rotatable bonds is 5. The number of fused-ring (bicyclic) bond motifs is 1. The van der Waals surface area contributed by atoms with Crippen LogP contribution in [-0.4, -0.2) is 25.3 Å². The van der Waals surface area contributed by atoms with Gasteiger partial charge in [0.05, 0.1) is 11.1 Å². The van der Waals surface area contributed by atoms with Crippen molar-refractivity contribution in [3.05, 3.63) is 89.0 Å². The van der Waals surface area contributed by atoms with Gasteiger partial charge in [-0.05, 0) is 55.0 Å². The van der Waals surface area contributed by atoms with E-state index in [0.717, 1.165) is 12.1 Å². The minimum atomic E-state index is -4.52. The summed E-state index contributed by atoms with van der Waals surface area (Å²) in [5.74, 6) is -0.0727. The fourth-order valence-electron chi connectivity index (χ4n) is 3.87. The van der Waals surface area contributed by atoms with E-state index in [1.807, 2.05) is 6.07 Å². The molecule has 1 aliphatic heterocycles. The number of nitrogens with one attached hydrogen (secondary N) is 1. The number of carbonyl (C=O) groups is 1. The van der Waals surface area contributed by atoms with Crippen molar-refractivity contribution >= 4 is 21.6 Å². The Labute approximate surface area is 205 Å². The van der Waals surface area contributed by atoms with Gasteiger partial charge in [0.2, 0.25) is 0 Å². The highest BCUT2D eigenvalue weighted by Crippen LogP contribution is 2.32. The Hall–Kier alpha value is -4.04. The number of hydrogen-bond acceptors (Lipinski definition) is 5. The van der Waals surface area contributed by atoms with E-state index in [-0.39, 0.29) is 29.2 Å². The van der Waals surface area contributed by atoms with E-state index in [2.05, 4.69) is 4.72 Å². The number of amides is 1. The van der Waals surface area contributed by atoms with E-state index >= 15 is 0 Å². The second kappa shape index (κ2) is 9.54.